The Kier molecular flexibility index (Phi) is 2.89. The Morgan fingerprint density at radius 3 is 2.94 bits per heavy atom. The van der Waals surface area contributed by atoms with E-state index >= 15 is 0 Å². The smallest absolute Gasteiger partial charge is 0.187 e. The second-order valence-electron chi connectivity index (χ2n) is 4.79. The van der Waals surface area contributed by atoms with Gasteiger partial charge < -0.3 is 4.74 Å². The van der Waals surface area contributed by atoms with E-state index in [1.54, 1.807) is 0 Å². The highest BCUT2D eigenvalue weighted by molar-refractivity contribution is 7.99. The molecule has 0 aliphatic carbocycles. The van der Waals surface area contributed by atoms with Gasteiger partial charge in [-0.1, -0.05) is 6.07 Å². The van der Waals surface area contributed by atoms with E-state index in [2.05, 4.69) is 6.07 Å². The molecule has 2 aliphatic rings. The van der Waals surface area contributed by atoms with Gasteiger partial charge in [-0.05, 0) is 36.3 Å². The Morgan fingerprint density at radius 1 is 1.44 bits per heavy atom. The lowest BCUT2D eigenvalue weighted by Gasteiger charge is -2.33. The van der Waals surface area contributed by atoms with Crippen LogP contribution in [-0.2, 0) is 11.2 Å². The van der Waals surface area contributed by atoms with E-state index in [9.17, 15) is 4.79 Å². The van der Waals surface area contributed by atoms with Crippen molar-refractivity contribution in [3.63, 3.8) is 0 Å². The van der Waals surface area contributed by atoms with Gasteiger partial charge in [0, 0.05) is 10.5 Å². The first-order chi connectivity index (χ1) is 8.75. The fourth-order valence-corrected chi connectivity index (χ4v) is 3.35. The minimum atomic E-state index is -0.934. The zero-order chi connectivity index (χ0) is 12.6. The van der Waals surface area contributed by atoms with Crippen LogP contribution in [0.4, 0.5) is 0 Å². The van der Waals surface area contributed by atoms with E-state index in [1.165, 1.54) is 10.5 Å². The van der Waals surface area contributed by atoms with Crippen molar-refractivity contribution in [1.82, 2.24) is 0 Å². The van der Waals surface area contributed by atoms with Crippen molar-refractivity contribution in [2.45, 2.75) is 17.7 Å². The monoisotopic (exact) mass is 259 g/mol. The Morgan fingerprint density at radius 2 is 2.28 bits per heavy atom. The lowest BCUT2D eigenvalue weighted by atomic mass is 9.79. The first kappa shape index (κ1) is 11.8. The number of thioether (sulfide) groups is 1. The van der Waals surface area contributed by atoms with Gasteiger partial charge in [0.1, 0.15) is 0 Å². The van der Waals surface area contributed by atoms with Crippen molar-refractivity contribution < 1.29 is 9.53 Å². The number of carbonyl (C=O) groups is 1. The van der Waals surface area contributed by atoms with E-state index in [0.29, 0.717) is 5.56 Å². The fourth-order valence-electron chi connectivity index (χ4n) is 2.33. The van der Waals surface area contributed by atoms with Crippen LogP contribution in [-0.4, -0.2) is 24.7 Å². The molecule has 0 unspecified atom stereocenters. The van der Waals surface area contributed by atoms with Crippen LogP contribution >= 0.6 is 11.8 Å². The van der Waals surface area contributed by atoms with E-state index < -0.39 is 5.41 Å². The molecule has 1 aromatic rings. The maximum absolute atomic E-state index is 12.4. The Bertz CT molecular complexity index is 543. The molecular weight excluding hydrogens is 246 g/mol. The number of ketones is 1. The number of aryl methyl sites for hydroxylation is 1. The summed E-state index contributed by atoms with van der Waals surface area (Å²) in [6.45, 7) is 0.461. The Labute approximate surface area is 110 Å². The number of hydrogen-bond acceptors (Lipinski definition) is 4. The van der Waals surface area contributed by atoms with E-state index in [4.69, 9.17) is 10.00 Å². The Balaban J connectivity index is 1.93. The maximum Gasteiger partial charge on any atom is 0.187 e. The molecule has 4 heteroatoms. The fraction of sp³-hybridized carbons (Fsp3) is 0.429. The van der Waals surface area contributed by atoms with Crippen LogP contribution in [0.3, 0.4) is 0 Å². The van der Waals surface area contributed by atoms with Crippen LogP contribution in [0.5, 0.6) is 0 Å². The average molecular weight is 259 g/mol. The third kappa shape index (κ3) is 1.75. The first-order valence-electron chi connectivity index (χ1n) is 6.05. The normalized spacial score (nSPS) is 20.4. The van der Waals surface area contributed by atoms with Gasteiger partial charge in [0.15, 0.2) is 11.2 Å². The van der Waals surface area contributed by atoms with Gasteiger partial charge in [-0.15, -0.1) is 11.8 Å². The molecule has 1 aromatic carbocycles. The second kappa shape index (κ2) is 4.42. The number of carbonyl (C=O) groups excluding carboxylic acids is 1. The van der Waals surface area contributed by atoms with E-state index in [1.807, 2.05) is 30.0 Å². The largest absolute Gasteiger partial charge is 0.377 e. The number of nitrogens with zero attached hydrogens (tertiary/aromatic N) is 1. The molecule has 0 aromatic heterocycles. The van der Waals surface area contributed by atoms with Crippen LogP contribution in [0, 0.1) is 16.7 Å². The van der Waals surface area contributed by atoms with Crippen LogP contribution in [0.15, 0.2) is 23.1 Å². The molecule has 3 nitrogen and oxygen atoms in total. The summed E-state index contributed by atoms with van der Waals surface area (Å²) in [5.41, 5.74) is 0.960. The van der Waals surface area contributed by atoms with Crippen molar-refractivity contribution in [2.24, 2.45) is 5.41 Å². The molecule has 2 aliphatic heterocycles. The molecule has 2 heterocycles. The van der Waals surface area contributed by atoms with Gasteiger partial charge in [0.25, 0.3) is 0 Å². The zero-order valence-corrected chi connectivity index (χ0v) is 10.8. The van der Waals surface area contributed by atoms with Gasteiger partial charge in [-0.2, -0.15) is 5.26 Å². The molecule has 18 heavy (non-hydrogen) atoms. The van der Waals surface area contributed by atoms with Gasteiger partial charge >= 0.3 is 0 Å². The molecule has 1 saturated heterocycles. The van der Waals surface area contributed by atoms with Crippen LogP contribution in [0.25, 0.3) is 0 Å². The molecule has 0 atom stereocenters. The zero-order valence-electron chi connectivity index (χ0n) is 9.94. The molecule has 0 N–H and O–H groups in total. The number of fused-ring (bicyclic) bond motifs is 1. The summed E-state index contributed by atoms with van der Waals surface area (Å²) in [5.74, 6) is 1.06. The summed E-state index contributed by atoms with van der Waals surface area (Å²) in [4.78, 5) is 13.6. The van der Waals surface area contributed by atoms with Gasteiger partial charge in [0.2, 0.25) is 0 Å². The summed E-state index contributed by atoms with van der Waals surface area (Å²) in [6.07, 6.45) is 2.18. The summed E-state index contributed by atoms with van der Waals surface area (Å²) < 4.78 is 5.04. The summed E-state index contributed by atoms with van der Waals surface area (Å²) in [5, 5.41) is 9.15. The third-order valence-corrected chi connectivity index (χ3v) is 4.72. The number of benzene rings is 1. The number of ether oxygens (including phenoxy) is 1. The highest BCUT2D eigenvalue weighted by atomic mass is 32.2. The van der Waals surface area contributed by atoms with Crippen molar-refractivity contribution in [3.8, 4) is 6.07 Å². The lowest BCUT2D eigenvalue weighted by Crippen LogP contribution is -2.47. The molecule has 0 saturated carbocycles. The maximum atomic E-state index is 12.4. The highest BCUT2D eigenvalue weighted by Crippen LogP contribution is 2.34. The molecule has 1 fully saturated rings. The molecule has 0 amide bonds. The molecule has 0 radical (unpaired) electrons. The van der Waals surface area contributed by atoms with Crippen LogP contribution < -0.4 is 0 Å². The molecule has 0 spiro atoms. The van der Waals surface area contributed by atoms with E-state index in [-0.39, 0.29) is 19.0 Å². The van der Waals surface area contributed by atoms with Crippen LogP contribution in [0.2, 0.25) is 0 Å². The van der Waals surface area contributed by atoms with Gasteiger partial charge in [-0.3, -0.25) is 4.79 Å². The number of rotatable bonds is 2. The third-order valence-electron chi connectivity index (χ3n) is 3.52. The predicted octanol–water partition coefficient (Wildman–Crippen LogP) is 2.45. The first-order valence-corrected chi connectivity index (χ1v) is 7.03. The molecular formula is C14H13NO2S. The second-order valence-corrected chi connectivity index (χ2v) is 5.93. The molecule has 0 bridgehead atoms. The van der Waals surface area contributed by atoms with Crippen molar-refractivity contribution in [1.29, 1.82) is 5.26 Å². The van der Waals surface area contributed by atoms with Crippen LogP contribution in [0.1, 0.15) is 22.3 Å². The lowest BCUT2D eigenvalue weighted by molar-refractivity contribution is -0.0566. The quantitative estimate of drug-likeness (QED) is 0.765. The topological polar surface area (TPSA) is 50.1 Å². The Hall–Kier alpha value is -1.31. The number of nitriles is 1. The van der Waals surface area contributed by atoms with Crippen molar-refractivity contribution in [3.05, 3.63) is 29.3 Å². The number of Topliss-reactive ketones (excluding diaryl/α,β-unsaturated/α-hetero) is 1. The van der Waals surface area contributed by atoms with E-state index in [0.717, 1.165) is 18.6 Å². The summed E-state index contributed by atoms with van der Waals surface area (Å²) in [7, 11) is 0. The number of hydrogen-bond donors (Lipinski definition) is 0. The highest BCUT2D eigenvalue weighted by Gasteiger charge is 2.46. The summed E-state index contributed by atoms with van der Waals surface area (Å²) in [6, 6.07) is 7.93. The van der Waals surface area contributed by atoms with Gasteiger partial charge in [0.05, 0.1) is 19.3 Å². The summed E-state index contributed by atoms with van der Waals surface area (Å²) >= 11 is 1.84. The molecule has 92 valence electrons. The van der Waals surface area contributed by atoms with Crippen molar-refractivity contribution in [2.75, 3.05) is 19.0 Å². The minimum Gasteiger partial charge on any atom is -0.377 e. The molecule has 3 rings (SSSR count). The predicted molar refractivity (Wildman–Crippen MR) is 68.7 cm³/mol. The average Bonchev–Trinajstić information content (AvgIpc) is 2.37. The standard InChI is InChI=1S/C14H13NO2S/c15-7-14(8-17-9-14)13(16)11-3-4-12-10(6-11)2-1-5-18-12/h3-4,6H,1-2,5,8-9H2. The minimum absolute atomic E-state index is 0.0883. The van der Waals surface area contributed by atoms with Gasteiger partial charge in [-0.25, -0.2) is 0 Å². The SMILES string of the molecule is N#CC1(C(=O)c2ccc3c(c2)CCCS3)COC1. The van der Waals surface area contributed by atoms with Crippen molar-refractivity contribution >= 4 is 17.5 Å².